The Balaban J connectivity index is 2.15. The lowest BCUT2D eigenvalue weighted by molar-refractivity contribution is 0.382. The SMILES string of the molecule is CC1CCCC1(CN)Nc1ccc(Br)cc1. The fraction of sp³-hybridized carbons (Fsp3) is 0.538. The number of rotatable bonds is 3. The first kappa shape index (κ1) is 11.9. The molecule has 0 radical (unpaired) electrons. The van der Waals surface area contributed by atoms with Crippen LogP contribution in [0.15, 0.2) is 28.7 Å². The van der Waals surface area contributed by atoms with Crippen molar-refractivity contribution in [3.05, 3.63) is 28.7 Å². The van der Waals surface area contributed by atoms with E-state index in [1.165, 1.54) is 24.9 Å². The van der Waals surface area contributed by atoms with Gasteiger partial charge in [-0.25, -0.2) is 0 Å². The second-order valence-corrected chi connectivity index (χ2v) is 5.70. The first-order chi connectivity index (χ1) is 7.66. The van der Waals surface area contributed by atoms with Crippen molar-refractivity contribution in [1.82, 2.24) is 0 Å². The van der Waals surface area contributed by atoms with Crippen molar-refractivity contribution in [3.8, 4) is 0 Å². The van der Waals surface area contributed by atoms with Gasteiger partial charge < -0.3 is 11.1 Å². The van der Waals surface area contributed by atoms with Crippen LogP contribution in [0.25, 0.3) is 0 Å². The number of nitrogens with two attached hydrogens (primary N) is 1. The molecule has 0 spiro atoms. The minimum absolute atomic E-state index is 0.105. The summed E-state index contributed by atoms with van der Waals surface area (Å²) in [5.41, 5.74) is 7.24. The van der Waals surface area contributed by atoms with E-state index in [0.717, 1.165) is 4.47 Å². The quantitative estimate of drug-likeness (QED) is 0.892. The molecule has 1 fully saturated rings. The molecule has 0 heterocycles. The van der Waals surface area contributed by atoms with Gasteiger partial charge in [-0.2, -0.15) is 0 Å². The Morgan fingerprint density at radius 3 is 2.62 bits per heavy atom. The van der Waals surface area contributed by atoms with E-state index in [0.29, 0.717) is 12.5 Å². The maximum Gasteiger partial charge on any atom is 0.0521 e. The minimum Gasteiger partial charge on any atom is -0.378 e. The second kappa shape index (κ2) is 4.76. The van der Waals surface area contributed by atoms with E-state index in [2.05, 4.69) is 52.4 Å². The van der Waals surface area contributed by atoms with E-state index in [1.54, 1.807) is 0 Å². The van der Waals surface area contributed by atoms with E-state index < -0.39 is 0 Å². The zero-order valence-electron chi connectivity index (χ0n) is 9.67. The predicted octanol–water partition coefficient (Wildman–Crippen LogP) is 3.38. The summed E-state index contributed by atoms with van der Waals surface area (Å²) >= 11 is 3.45. The summed E-state index contributed by atoms with van der Waals surface area (Å²) < 4.78 is 1.11. The zero-order valence-corrected chi connectivity index (χ0v) is 11.3. The van der Waals surface area contributed by atoms with Crippen molar-refractivity contribution in [2.75, 3.05) is 11.9 Å². The van der Waals surface area contributed by atoms with Gasteiger partial charge in [0.15, 0.2) is 0 Å². The highest BCUT2D eigenvalue weighted by atomic mass is 79.9. The van der Waals surface area contributed by atoms with Crippen molar-refractivity contribution in [2.45, 2.75) is 31.7 Å². The topological polar surface area (TPSA) is 38.0 Å². The van der Waals surface area contributed by atoms with Gasteiger partial charge in [0.2, 0.25) is 0 Å². The summed E-state index contributed by atoms with van der Waals surface area (Å²) in [7, 11) is 0. The molecule has 0 saturated heterocycles. The van der Waals surface area contributed by atoms with Crippen LogP contribution in [0.2, 0.25) is 0 Å². The average Bonchev–Trinajstić information content (AvgIpc) is 2.64. The van der Waals surface area contributed by atoms with Gasteiger partial charge in [-0.05, 0) is 43.0 Å². The standard InChI is InChI=1S/C13H19BrN2/c1-10-3-2-8-13(10,9-15)16-12-6-4-11(14)5-7-12/h4-7,10,16H,2-3,8-9,15H2,1H3. The maximum absolute atomic E-state index is 5.97. The number of hydrogen-bond acceptors (Lipinski definition) is 2. The molecule has 0 aliphatic heterocycles. The summed E-state index contributed by atoms with van der Waals surface area (Å²) in [5, 5.41) is 3.64. The third-order valence-corrected chi connectivity index (χ3v) is 4.33. The van der Waals surface area contributed by atoms with Crippen LogP contribution in [0.5, 0.6) is 0 Å². The first-order valence-electron chi connectivity index (χ1n) is 5.90. The summed E-state index contributed by atoms with van der Waals surface area (Å²) in [4.78, 5) is 0. The molecule has 16 heavy (non-hydrogen) atoms. The van der Waals surface area contributed by atoms with Crippen molar-refractivity contribution in [1.29, 1.82) is 0 Å². The maximum atomic E-state index is 5.97. The van der Waals surface area contributed by atoms with Crippen LogP contribution < -0.4 is 11.1 Å². The zero-order chi connectivity index (χ0) is 11.6. The van der Waals surface area contributed by atoms with Gasteiger partial charge in [0.05, 0.1) is 5.54 Å². The van der Waals surface area contributed by atoms with Crippen molar-refractivity contribution in [3.63, 3.8) is 0 Å². The molecule has 1 aromatic rings. The van der Waals surface area contributed by atoms with Gasteiger partial charge in [-0.1, -0.05) is 29.3 Å². The van der Waals surface area contributed by atoms with Crippen LogP contribution in [0.4, 0.5) is 5.69 Å². The number of nitrogens with one attached hydrogen (secondary N) is 1. The smallest absolute Gasteiger partial charge is 0.0521 e. The lowest BCUT2D eigenvalue weighted by Crippen LogP contribution is -2.47. The van der Waals surface area contributed by atoms with E-state index >= 15 is 0 Å². The van der Waals surface area contributed by atoms with Gasteiger partial charge in [0, 0.05) is 16.7 Å². The van der Waals surface area contributed by atoms with Crippen LogP contribution in [-0.2, 0) is 0 Å². The largest absolute Gasteiger partial charge is 0.378 e. The highest BCUT2D eigenvalue weighted by Crippen LogP contribution is 2.37. The number of benzene rings is 1. The number of anilines is 1. The van der Waals surface area contributed by atoms with Crippen molar-refractivity contribution < 1.29 is 0 Å². The predicted molar refractivity (Wildman–Crippen MR) is 72.6 cm³/mol. The molecule has 3 N–H and O–H groups in total. The molecular weight excluding hydrogens is 264 g/mol. The summed E-state index contributed by atoms with van der Waals surface area (Å²) in [5.74, 6) is 0.654. The molecule has 2 rings (SSSR count). The van der Waals surface area contributed by atoms with E-state index in [1.807, 2.05) is 0 Å². The molecule has 2 unspecified atom stereocenters. The molecule has 1 saturated carbocycles. The lowest BCUT2D eigenvalue weighted by Gasteiger charge is -2.34. The summed E-state index contributed by atoms with van der Waals surface area (Å²) in [6.07, 6.45) is 3.74. The first-order valence-corrected chi connectivity index (χ1v) is 6.69. The average molecular weight is 283 g/mol. The summed E-state index contributed by atoms with van der Waals surface area (Å²) in [6.45, 7) is 3.01. The molecule has 2 nitrogen and oxygen atoms in total. The van der Waals surface area contributed by atoms with Crippen LogP contribution in [0.1, 0.15) is 26.2 Å². The molecule has 1 aliphatic rings. The molecule has 0 amide bonds. The molecule has 1 aliphatic carbocycles. The minimum atomic E-state index is 0.105. The molecule has 0 bridgehead atoms. The van der Waals surface area contributed by atoms with E-state index in [4.69, 9.17) is 5.73 Å². The van der Waals surface area contributed by atoms with E-state index in [9.17, 15) is 0 Å². The van der Waals surface area contributed by atoms with Gasteiger partial charge >= 0.3 is 0 Å². The fourth-order valence-corrected chi connectivity index (χ4v) is 2.87. The normalized spacial score (nSPS) is 29.3. The van der Waals surface area contributed by atoms with Crippen molar-refractivity contribution >= 4 is 21.6 Å². The Morgan fingerprint density at radius 1 is 1.44 bits per heavy atom. The lowest BCUT2D eigenvalue weighted by atomic mass is 9.88. The Morgan fingerprint density at radius 2 is 2.12 bits per heavy atom. The second-order valence-electron chi connectivity index (χ2n) is 4.79. The highest BCUT2D eigenvalue weighted by Gasteiger charge is 2.38. The van der Waals surface area contributed by atoms with Gasteiger partial charge in [-0.3, -0.25) is 0 Å². The van der Waals surface area contributed by atoms with Gasteiger partial charge in [0.25, 0.3) is 0 Å². The molecule has 2 atom stereocenters. The number of hydrogen-bond donors (Lipinski definition) is 2. The molecule has 0 aromatic heterocycles. The Hall–Kier alpha value is -0.540. The molecule has 3 heteroatoms. The van der Waals surface area contributed by atoms with Gasteiger partial charge in [-0.15, -0.1) is 0 Å². The summed E-state index contributed by atoms with van der Waals surface area (Å²) in [6, 6.07) is 8.33. The third-order valence-electron chi connectivity index (χ3n) is 3.81. The van der Waals surface area contributed by atoms with Crippen LogP contribution in [0, 0.1) is 5.92 Å². The Kier molecular flexibility index (Phi) is 3.55. The van der Waals surface area contributed by atoms with Crippen LogP contribution in [-0.4, -0.2) is 12.1 Å². The van der Waals surface area contributed by atoms with E-state index in [-0.39, 0.29) is 5.54 Å². The third kappa shape index (κ3) is 2.25. The molecule has 88 valence electrons. The monoisotopic (exact) mass is 282 g/mol. The molecule has 1 aromatic carbocycles. The van der Waals surface area contributed by atoms with Crippen molar-refractivity contribution in [2.24, 2.45) is 11.7 Å². The van der Waals surface area contributed by atoms with Gasteiger partial charge in [0.1, 0.15) is 0 Å². The molecular formula is C13H19BrN2. The Bertz CT molecular complexity index is 349. The van der Waals surface area contributed by atoms with Crippen LogP contribution in [0.3, 0.4) is 0 Å². The Labute approximate surface area is 106 Å². The van der Waals surface area contributed by atoms with Crippen LogP contribution >= 0.6 is 15.9 Å². The highest BCUT2D eigenvalue weighted by molar-refractivity contribution is 9.10. The fourth-order valence-electron chi connectivity index (χ4n) is 2.61. The number of halogens is 1.